The van der Waals surface area contributed by atoms with Crippen LogP contribution in [0.3, 0.4) is 0 Å². The number of nitrogens with two attached hydrogens (primary N) is 1. The van der Waals surface area contributed by atoms with E-state index >= 15 is 0 Å². The summed E-state index contributed by atoms with van der Waals surface area (Å²) >= 11 is 5.95. The van der Waals surface area contributed by atoms with Gasteiger partial charge in [0, 0.05) is 11.8 Å². The highest BCUT2D eigenvalue weighted by Crippen LogP contribution is 2.35. The van der Waals surface area contributed by atoms with Crippen molar-refractivity contribution in [3.8, 4) is 11.8 Å². The second kappa shape index (κ2) is 12.8. The fourth-order valence-corrected chi connectivity index (χ4v) is 3.83. The fourth-order valence-electron chi connectivity index (χ4n) is 3.63. The van der Waals surface area contributed by atoms with E-state index in [1.54, 1.807) is 6.92 Å². The molecule has 1 amide bonds. The Balaban J connectivity index is 1.98. The second-order valence-corrected chi connectivity index (χ2v) is 8.57. The van der Waals surface area contributed by atoms with Crippen LogP contribution in [0.4, 0.5) is 18.0 Å². The van der Waals surface area contributed by atoms with Crippen molar-refractivity contribution in [2.45, 2.75) is 90.7 Å². The number of nitrogens with zero attached hydrogens (tertiary/aromatic N) is 3. The maximum atomic E-state index is 12.8. The lowest BCUT2D eigenvalue weighted by Crippen LogP contribution is -2.22. The smallest absolute Gasteiger partial charge is 0.417 e. The lowest BCUT2D eigenvalue weighted by Gasteiger charge is -2.10. The molecule has 33 heavy (non-hydrogen) atoms. The van der Waals surface area contributed by atoms with E-state index in [0.29, 0.717) is 23.9 Å². The van der Waals surface area contributed by atoms with Gasteiger partial charge in [0.1, 0.15) is 5.02 Å². The Morgan fingerprint density at radius 1 is 1.06 bits per heavy atom. The molecule has 2 rings (SSSR count). The minimum absolute atomic E-state index is 0.0661. The topological polar surface area (TPSA) is 83.0 Å². The molecule has 2 N–H and O–H groups in total. The molecule has 0 aromatic carbocycles. The number of aromatic nitrogens is 3. The van der Waals surface area contributed by atoms with Gasteiger partial charge >= 0.3 is 12.2 Å². The van der Waals surface area contributed by atoms with E-state index in [2.05, 4.69) is 17.0 Å². The minimum atomic E-state index is -4.57. The van der Waals surface area contributed by atoms with Gasteiger partial charge in [0.25, 0.3) is 0 Å². The van der Waals surface area contributed by atoms with Gasteiger partial charge in [-0.3, -0.25) is 0 Å². The molecule has 2 aromatic heterocycles. The summed E-state index contributed by atoms with van der Waals surface area (Å²) in [4.78, 5) is 15.4. The standard InChI is InChI=1S/C23H32ClF3N4O2/c1-3-4-5-6-7-8-9-10-11-12-13-18-16(2)31(22(28)32)30-20(18)33-21-19(24)14-17(15-29-21)23(25,26)27/h14-15H,3-13H2,1-2H3,(H2,28,32). The first kappa shape index (κ1) is 27.0. The SMILES string of the molecule is CCCCCCCCCCCCc1c(Oc2ncc(C(F)(F)F)cc2Cl)nn(C(N)=O)c1C. The van der Waals surface area contributed by atoms with Crippen molar-refractivity contribution in [2.24, 2.45) is 5.73 Å². The number of carbonyl (C=O) groups excluding carboxylic acids is 1. The molecule has 0 bridgehead atoms. The number of rotatable bonds is 13. The van der Waals surface area contributed by atoms with E-state index < -0.39 is 17.8 Å². The molecule has 0 spiro atoms. The Morgan fingerprint density at radius 3 is 2.15 bits per heavy atom. The summed E-state index contributed by atoms with van der Waals surface area (Å²) in [7, 11) is 0. The summed E-state index contributed by atoms with van der Waals surface area (Å²) in [6.07, 6.45) is 8.46. The summed E-state index contributed by atoms with van der Waals surface area (Å²) in [6, 6.07) is -0.0397. The van der Waals surface area contributed by atoms with E-state index in [-0.39, 0.29) is 16.8 Å². The molecule has 184 valence electrons. The fraction of sp³-hybridized carbons (Fsp3) is 0.609. The van der Waals surface area contributed by atoms with Gasteiger partial charge < -0.3 is 10.5 Å². The average Bonchev–Trinajstić information content (AvgIpc) is 3.05. The molecule has 0 aliphatic rings. The Morgan fingerprint density at radius 2 is 1.64 bits per heavy atom. The van der Waals surface area contributed by atoms with Crippen LogP contribution in [0.2, 0.25) is 5.02 Å². The number of hydrogen-bond acceptors (Lipinski definition) is 4. The highest BCUT2D eigenvalue weighted by molar-refractivity contribution is 6.31. The van der Waals surface area contributed by atoms with E-state index in [0.717, 1.165) is 30.0 Å². The molecule has 0 saturated carbocycles. The predicted molar refractivity (Wildman–Crippen MR) is 122 cm³/mol. The number of pyridine rings is 1. The van der Waals surface area contributed by atoms with Crippen LogP contribution >= 0.6 is 11.6 Å². The number of primary amides is 1. The summed E-state index contributed by atoms with van der Waals surface area (Å²) in [5.74, 6) is -0.153. The number of carbonyl (C=O) groups is 1. The maximum Gasteiger partial charge on any atom is 0.417 e. The zero-order valence-electron chi connectivity index (χ0n) is 19.2. The van der Waals surface area contributed by atoms with Crippen molar-refractivity contribution in [3.63, 3.8) is 0 Å². The van der Waals surface area contributed by atoms with Crippen molar-refractivity contribution in [3.05, 3.63) is 34.1 Å². The van der Waals surface area contributed by atoms with E-state index in [1.807, 2.05) is 0 Å². The Bertz CT molecular complexity index is 916. The molecule has 6 nitrogen and oxygen atoms in total. The Hall–Kier alpha value is -2.29. The van der Waals surface area contributed by atoms with Gasteiger partial charge in [-0.1, -0.05) is 76.3 Å². The number of amides is 1. The van der Waals surface area contributed by atoms with Crippen LogP contribution in [-0.4, -0.2) is 20.8 Å². The summed E-state index contributed by atoms with van der Waals surface area (Å²) in [6.45, 7) is 3.90. The summed E-state index contributed by atoms with van der Waals surface area (Å²) in [5, 5.41) is 3.78. The zero-order valence-corrected chi connectivity index (χ0v) is 19.9. The van der Waals surface area contributed by atoms with Crippen LogP contribution in [0.5, 0.6) is 11.8 Å². The van der Waals surface area contributed by atoms with Crippen LogP contribution < -0.4 is 10.5 Å². The van der Waals surface area contributed by atoms with Gasteiger partial charge in [0.05, 0.1) is 11.3 Å². The van der Waals surface area contributed by atoms with Gasteiger partial charge in [-0.25, -0.2) is 9.78 Å². The van der Waals surface area contributed by atoms with Crippen LogP contribution in [0.25, 0.3) is 0 Å². The van der Waals surface area contributed by atoms with Crippen LogP contribution in [0, 0.1) is 6.92 Å². The van der Waals surface area contributed by atoms with Crippen molar-refractivity contribution in [1.82, 2.24) is 14.8 Å². The number of alkyl halides is 3. The highest BCUT2D eigenvalue weighted by Gasteiger charge is 2.32. The molecule has 10 heteroatoms. The molecule has 0 aliphatic heterocycles. The monoisotopic (exact) mass is 488 g/mol. The van der Waals surface area contributed by atoms with Gasteiger partial charge in [0.15, 0.2) is 0 Å². The van der Waals surface area contributed by atoms with E-state index in [4.69, 9.17) is 22.1 Å². The molecule has 0 fully saturated rings. The molecule has 2 aromatic rings. The largest absolute Gasteiger partial charge is 0.417 e. The maximum absolute atomic E-state index is 12.8. The first-order valence-electron chi connectivity index (χ1n) is 11.4. The van der Waals surface area contributed by atoms with Crippen LogP contribution in [0.15, 0.2) is 12.3 Å². The first-order chi connectivity index (χ1) is 15.6. The molecule has 2 heterocycles. The Kier molecular flexibility index (Phi) is 10.5. The minimum Gasteiger partial charge on any atom is -0.417 e. The third kappa shape index (κ3) is 8.21. The molecule has 0 unspecified atom stereocenters. The predicted octanol–water partition coefficient (Wildman–Crippen LogP) is 7.44. The van der Waals surface area contributed by atoms with Gasteiger partial charge in [-0.05, 0) is 25.8 Å². The number of hydrogen-bond donors (Lipinski definition) is 1. The number of halogens is 4. The van der Waals surface area contributed by atoms with Gasteiger partial charge in [0.2, 0.25) is 11.8 Å². The average molecular weight is 489 g/mol. The van der Waals surface area contributed by atoms with Gasteiger partial charge in [-0.2, -0.15) is 17.9 Å². The zero-order chi connectivity index (χ0) is 24.4. The number of ether oxygens (including phenoxy) is 1. The van der Waals surface area contributed by atoms with Gasteiger partial charge in [-0.15, -0.1) is 5.10 Å². The normalized spacial score (nSPS) is 11.7. The third-order valence-corrected chi connectivity index (χ3v) is 5.79. The second-order valence-electron chi connectivity index (χ2n) is 8.16. The van der Waals surface area contributed by atoms with Crippen molar-refractivity contribution < 1.29 is 22.7 Å². The molecular weight excluding hydrogens is 457 g/mol. The summed E-state index contributed by atoms with van der Waals surface area (Å²) < 4.78 is 45.2. The lowest BCUT2D eigenvalue weighted by atomic mass is 10.0. The molecule has 0 radical (unpaired) electrons. The van der Waals surface area contributed by atoms with Crippen LogP contribution in [0.1, 0.15) is 88.0 Å². The van der Waals surface area contributed by atoms with E-state index in [1.165, 1.54) is 44.9 Å². The van der Waals surface area contributed by atoms with Crippen molar-refractivity contribution in [2.75, 3.05) is 0 Å². The quantitative estimate of drug-likeness (QED) is 0.297. The lowest BCUT2D eigenvalue weighted by molar-refractivity contribution is -0.137. The number of unbranched alkanes of at least 4 members (excludes halogenated alkanes) is 9. The van der Waals surface area contributed by atoms with Crippen LogP contribution in [-0.2, 0) is 12.6 Å². The summed E-state index contributed by atoms with van der Waals surface area (Å²) in [5.41, 5.74) is 5.58. The van der Waals surface area contributed by atoms with Crippen molar-refractivity contribution in [1.29, 1.82) is 0 Å². The molecule has 0 atom stereocenters. The van der Waals surface area contributed by atoms with E-state index in [9.17, 15) is 18.0 Å². The molecular formula is C23H32ClF3N4O2. The third-order valence-electron chi connectivity index (χ3n) is 5.52. The first-order valence-corrected chi connectivity index (χ1v) is 11.8. The molecule has 0 saturated heterocycles. The van der Waals surface area contributed by atoms with Crippen molar-refractivity contribution >= 4 is 17.6 Å². The Labute approximate surface area is 197 Å². The molecule has 0 aliphatic carbocycles. The highest BCUT2D eigenvalue weighted by atomic mass is 35.5.